The Hall–Kier alpha value is -1.94. The highest BCUT2D eigenvalue weighted by atomic mass is 16.7. The maximum atomic E-state index is 10.2. The van der Waals surface area contributed by atoms with E-state index in [2.05, 4.69) is 0 Å². The van der Waals surface area contributed by atoms with Crippen molar-refractivity contribution < 1.29 is 19.0 Å². The van der Waals surface area contributed by atoms with Gasteiger partial charge in [0, 0.05) is 0 Å². The second-order valence-electron chi connectivity index (χ2n) is 3.60. The lowest BCUT2D eigenvalue weighted by molar-refractivity contribution is -0.194. The molecule has 2 heterocycles. The molecule has 1 aromatic heterocycles. The van der Waals surface area contributed by atoms with Crippen LogP contribution in [0.1, 0.15) is 5.76 Å². The number of furan rings is 1. The summed E-state index contributed by atoms with van der Waals surface area (Å²) in [4.78, 5) is 0. The molecule has 16 heavy (non-hydrogen) atoms. The Kier molecular flexibility index (Phi) is 1.91. The minimum Gasteiger partial charge on any atom is -0.482 e. The van der Waals surface area contributed by atoms with E-state index in [0.29, 0.717) is 17.3 Å². The van der Waals surface area contributed by atoms with Crippen molar-refractivity contribution in [1.82, 2.24) is 0 Å². The van der Waals surface area contributed by atoms with Gasteiger partial charge in [0.2, 0.25) is 0 Å². The zero-order valence-electron chi connectivity index (χ0n) is 8.42. The van der Waals surface area contributed by atoms with Crippen LogP contribution >= 0.6 is 0 Å². The summed E-state index contributed by atoms with van der Waals surface area (Å²) in [5.41, 5.74) is 0. The van der Waals surface area contributed by atoms with Gasteiger partial charge in [-0.15, -0.1) is 0 Å². The van der Waals surface area contributed by atoms with Crippen molar-refractivity contribution in [2.45, 2.75) is 5.79 Å². The molecule has 0 fully saturated rings. The molecule has 0 amide bonds. The van der Waals surface area contributed by atoms with Crippen LogP contribution in [0.15, 0.2) is 47.1 Å². The van der Waals surface area contributed by atoms with Crippen molar-refractivity contribution in [3.05, 3.63) is 48.4 Å². The van der Waals surface area contributed by atoms with Crippen molar-refractivity contribution in [1.29, 1.82) is 0 Å². The molecule has 0 unspecified atom stereocenters. The number of fused-ring (bicyclic) bond motifs is 1. The van der Waals surface area contributed by atoms with Gasteiger partial charge in [0.1, 0.15) is 0 Å². The van der Waals surface area contributed by atoms with Crippen LogP contribution < -0.4 is 9.47 Å². The van der Waals surface area contributed by atoms with Crippen molar-refractivity contribution in [2.24, 2.45) is 0 Å². The SMILES string of the molecule is O[C@@]1(c2ccco2)COc2ccccc2O1. The average molecular weight is 218 g/mol. The number of hydrogen-bond donors (Lipinski definition) is 1. The van der Waals surface area contributed by atoms with E-state index < -0.39 is 5.79 Å². The van der Waals surface area contributed by atoms with Gasteiger partial charge in [0.15, 0.2) is 23.9 Å². The maximum Gasteiger partial charge on any atom is 0.302 e. The van der Waals surface area contributed by atoms with E-state index in [4.69, 9.17) is 13.9 Å². The topological polar surface area (TPSA) is 51.8 Å². The molecule has 0 bridgehead atoms. The van der Waals surface area contributed by atoms with Gasteiger partial charge in [-0.3, -0.25) is 0 Å². The van der Waals surface area contributed by atoms with Crippen LogP contribution in [-0.4, -0.2) is 11.7 Å². The molecule has 1 N–H and O–H groups in total. The van der Waals surface area contributed by atoms with Crippen molar-refractivity contribution in [3.8, 4) is 11.5 Å². The van der Waals surface area contributed by atoms with E-state index in [1.165, 1.54) is 6.26 Å². The van der Waals surface area contributed by atoms with E-state index in [0.717, 1.165) is 0 Å². The average Bonchev–Trinajstić information content (AvgIpc) is 2.83. The molecule has 0 saturated carbocycles. The summed E-state index contributed by atoms with van der Waals surface area (Å²) >= 11 is 0. The van der Waals surface area contributed by atoms with Crippen LogP contribution in [0.25, 0.3) is 0 Å². The third-order valence-corrected chi connectivity index (χ3v) is 2.46. The predicted molar refractivity (Wildman–Crippen MR) is 55.2 cm³/mol. The van der Waals surface area contributed by atoms with Crippen LogP contribution in [-0.2, 0) is 5.79 Å². The van der Waals surface area contributed by atoms with Gasteiger partial charge in [-0.05, 0) is 24.3 Å². The third kappa shape index (κ3) is 1.35. The zero-order chi connectivity index (χ0) is 11.0. The predicted octanol–water partition coefficient (Wildman–Crippen LogP) is 1.90. The molecule has 1 aliphatic rings. The van der Waals surface area contributed by atoms with Gasteiger partial charge in [-0.1, -0.05) is 12.1 Å². The molecule has 1 atom stereocenters. The molecule has 0 saturated heterocycles. The monoisotopic (exact) mass is 218 g/mol. The Labute approximate surface area is 92.0 Å². The third-order valence-electron chi connectivity index (χ3n) is 2.46. The van der Waals surface area contributed by atoms with Gasteiger partial charge in [0.25, 0.3) is 0 Å². The van der Waals surface area contributed by atoms with Gasteiger partial charge in [0.05, 0.1) is 6.26 Å². The quantitative estimate of drug-likeness (QED) is 0.794. The van der Waals surface area contributed by atoms with Crippen LogP contribution in [0.3, 0.4) is 0 Å². The summed E-state index contributed by atoms with van der Waals surface area (Å²) in [6, 6.07) is 10.5. The van der Waals surface area contributed by atoms with Gasteiger partial charge >= 0.3 is 5.79 Å². The Morgan fingerprint density at radius 2 is 1.88 bits per heavy atom. The molecular formula is C12H10O4. The largest absolute Gasteiger partial charge is 0.482 e. The van der Waals surface area contributed by atoms with Gasteiger partial charge in [-0.25, -0.2) is 0 Å². The summed E-state index contributed by atoms with van der Waals surface area (Å²) in [6.07, 6.45) is 1.48. The second kappa shape index (κ2) is 3.28. The summed E-state index contributed by atoms with van der Waals surface area (Å²) in [5.74, 6) is -0.0777. The van der Waals surface area contributed by atoms with Crippen LogP contribution in [0.4, 0.5) is 0 Å². The van der Waals surface area contributed by atoms with Crippen molar-refractivity contribution >= 4 is 0 Å². The summed E-state index contributed by atoms with van der Waals surface area (Å²) in [6.45, 7) is 0.0114. The van der Waals surface area contributed by atoms with Gasteiger partial charge < -0.3 is 19.0 Å². The first-order valence-electron chi connectivity index (χ1n) is 4.95. The minimum absolute atomic E-state index is 0.0114. The van der Waals surface area contributed by atoms with Crippen LogP contribution in [0.5, 0.6) is 11.5 Å². The molecule has 82 valence electrons. The fourth-order valence-corrected chi connectivity index (χ4v) is 1.66. The summed E-state index contributed by atoms with van der Waals surface area (Å²) < 4.78 is 16.1. The molecular weight excluding hydrogens is 208 g/mol. The summed E-state index contributed by atoms with van der Waals surface area (Å²) in [7, 11) is 0. The summed E-state index contributed by atoms with van der Waals surface area (Å²) in [5, 5.41) is 10.2. The van der Waals surface area contributed by atoms with E-state index in [1.54, 1.807) is 24.3 Å². The first-order valence-corrected chi connectivity index (χ1v) is 4.95. The minimum atomic E-state index is -1.54. The molecule has 2 aromatic rings. The maximum absolute atomic E-state index is 10.2. The Morgan fingerprint density at radius 1 is 1.06 bits per heavy atom. The van der Waals surface area contributed by atoms with E-state index in [1.807, 2.05) is 12.1 Å². The fraction of sp³-hybridized carbons (Fsp3) is 0.167. The molecule has 1 aromatic carbocycles. The lowest BCUT2D eigenvalue weighted by Crippen LogP contribution is -2.41. The zero-order valence-corrected chi connectivity index (χ0v) is 8.42. The molecule has 3 rings (SSSR count). The number of aliphatic hydroxyl groups is 1. The normalized spacial score (nSPS) is 23.1. The number of hydrogen-bond acceptors (Lipinski definition) is 4. The van der Waals surface area contributed by atoms with Crippen LogP contribution in [0, 0.1) is 0 Å². The van der Waals surface area contributed by atoms with E-state index >= 15 is 0 Å². The molecule has 4 heteroatoms. The first kappa shape index (κ1) is 9.30. The Morgan fingerprint density at radius 3 is 2.62 bits per heavy atom. The molecule has 1 aliphatic heterocycles. The molecule has 4 nitrogen and oxygen atoms in total. The van der Waals surface area contributed by atoms with E-state index in [9.17, 15) is 5.11 Å². The Balaban J connectivity index is 1.98. The molecule has 0 aliphatic carbocycles. The Bertz CT molecular complexity index is 491. The standard InChI is InChI=1S/C12H10O4/c13-12(11-6-3-7-14-11)8-15-9-4-1-2-5-10(9)16-12/h1-7,13H,8H2/t12-/m0/s1. The highest BCUT2D eigenvalue weighted by Crippen LogP contribution is 2.38. The van der Waals surface area contributed by atoms with Crippen LogP contribution in [0.2, 0.25) is 0 Å². The number of para-hydroxylation sites is 2. The smallest absolute Gasteiger partial charge is 0.302 e. The van der Waals surface area contributed by atoms with Crippen molar-refractivity contribution in [2.75, 3.05) is 6.61 Å². The lowest BCUT2D eigenvalue weighted by Gasteiger charge is -2.32. The van der Waals surface area contributed by atoms with E-state index in [-0.39, 0.29) is 6.61 Å². The first-order chi connectivity index (χ1) is 7.78. The highest BCUT2D eigenvalue weighted by molar-refractivity contribution is 5.41. The highest BCUT2D eigenvalue weighted by Gasteiger charge is 2.40. The number of ether oxygens (including phenoxy) is 2. The fourth-order valence-electron chi connectivity index (χ4n) is 1.66. The number of rotatable bonds is 1. The number of benzene rings is 1. The van der Waals surface area contributed by atoms with Crippen molar-refractivity contribution in [3.63, 3.8) is 0 Å². The lowest BCUT2D eigenvalue weighted by atomic mass is 10.2. The van der Waals surface area contributed by atoms with Gasteiger partial charge in [-0.2, -0.15) is 0 Å². The molecule has 0 spiro atoms. The molecule has 0 radical (unpaired) electrons. The second-order valence-corrected chi connectivity index (χ2v) is 3.60.